The van der Waals surface area contributed by atoms with Crippen molar-refractivity contribution in [3.05, 3.63) is 82.2 Å². The number of rotatable bonds is 8. The number of ether oxygens (including phenoxy) is 1. The predicted octanol–water partition coefficient (Wildman–Crippen LogP) is 4.60. The molecule has 2 aromatic heterocycles. The van der Waals surface area contributed by atoms with Crippen molar-refractivity contribution in [1.82, 2.24) is 15.2 Å². The molecule has 0 aliphatic heterocycles. The fraction of sp³-hybridized carbons (Fsp3) is 0.273. The largest absolute Gasteiger partial charge is 0.473 e. The van der Waals surface area contributed by atoms with Crippen molar-refractivity contribution in [2.24, 2.45) is 0 Å². The molecule has 1 saturated carbocycles. The Hall–Kier alpha value is -2.86. The molecule has 0 spiro atoms. The van der Waals surface area contributed by atoms with Crippen molar-refractivity contribution in [2.75, 3.05) is 0 Å². The summed E-state index contributed by atoms with van der Waals surface area (Å²) in [7, 11) is 0. The third-order valence-corrected chi connectivity index (χ3v) is 5.49. The van der Waals surface area contributed by atoms with Gasteiger partial charge in [-0.2, -0.15) is 0 Å². The maximum absolute atomic E-state index is 12.7. The molecule has 0 unspecified atom stereocenters. The topological polar surface area (TPSA) is 54.5 Å². The van der Waals surface area contributed by atoms with Gasteiger partial charge in [0.1, 0.15) is 6.61 Å². The third kappa shape index (κ3) is 5.10. The molecular formula is C22H23N3O2S. The highest BCUT2D eigenvalue weighted by Crippen LogP contribution is 2.29. The Balaban J connectivity index is 1.31. The average molecular weight is 394 g/mol. The summed E-state index contributed by atoms with van der Waals surface area (Å²) in [6, 6.07) is 18.2. The molecule has 1 aliphatic rings. The second-order valence-electron chi connectivity index (χ2n) is 6.87. The zero-order valence-electron chi connectivity index (χ0n) is 15.6. The highest BCUT2D eigenvalue weighted by Gasteiger charge is 2.32. The molecule has 2 amide bonds. The van der Waals surface area contributed by atoms with Gasteiger partial charge < -0.3 is 15.0 Å². The number of urea groups is 1. The zero-order chi connectivity index (χ0) is 19.2. The molecule has 0 atom stereocenters. The van der Waals surface area contributed by atoms with E-state index >= 15 is 0 Å². The van der Waals surface area contributed by atoms with Crippen LogP contribution < -0.4 is 10.1 Å². The minimum absolute atomic E-state index is 0.0144. The predicted molar refractivity (Wildman–Crippen MR) is 110 cm³/mol. The molecule has 1 aromatic carbocycles. The molecule has 0 saturated heterocycles. The van der Waals surface area contributed by atoms with Gasteiger partial charge in [-0.1, -0.05) is 36.4 Å². The molecular weight excluding hydrogens is 370 g/mol. The number of aromatic nitrogens is 1. The molecule has 4 rings (SSSR count). The first-order chi connectivity index (χ1) is 13.8. The van der Waals surface area contributed by atoms with Gasteiger partial charge in [-0.3, -0.25) is 0 Å². The number of thiophene rings is 1. The fourth-order valence-corrected chi connectivity index (χ4v) is 3.68. The number of pyridine rings is 1. The van der Waals surface area contributed by atoms with Gasteiger partial charge in [0.15, 0.2) is 0 Å². The van der Waals surface area contributed by atoms with Crippen LogP contribution in [0.5, 0.6) is 5.88 Å². The molecule has 1 fully saturated rings. The van der Waals surface area contributed by atoms with E-state index in [4.69, 9.17) is 4.74 Å². The van der Waals surface area contributed by atoms with E-state index in [1.165, 1.54) is 4.88 Å². The van der Waals surface area contributed by atoms with Gasteiger partial charge in [-0.25, -0.2) is 9.78 Å². The normalized spacial score (nSPS) is 13.1. The molecule has 2 heterocycles. The molecule has 3 aromatic rings. The van der Waals surface area contributed by atoms with Crippen LogP contribution in [0.3, 0.4) is 0 Å². The lowest BCUT2D eigenvalue weighted by atomic mass is 10.2. The lowest BCUT2D eigenvalue weighted by Crippen LogP contribution is -2.40. The SMILES string of the molecule is O=C(NCc1ccnc(OCc2ccccc2)c1)N(Cc1cccs1)C1CC1. The summed E-state index contributed by atoms with van der Waals surface area (Å²) in [4.78, 5) is 20.1. The molecule has 144 valence electrons. The summed E-state index contributed by atoms with van der Waals surface area (Å²) in [6.45, 7) is 1.60. The Morgan fingerprint density at radius 3 is 2.75 bits per heavy atom. The maximum Gasteiger partial charge on any atom is 0.318 e. The van der Waals surface area contributed by atoms with Crippen LogP contribution in [0.15, 0.2) is 66.2 Å². The van der Waals surface area contributed by atoms with Gasteiger partial charge in [-0.05, 0) is 41.5 Å². The van der Waals surface area contributed by atoms with E-state index in [-0.39, 0.29) is 6.03 Å². The lowest BCUT2D eigenvalue weighted by molar-refractivity contribution is 0.192. The molecule has 6 heteroatoms. The molecule has 28 heavy (non-hydrogen) atoms. The van der Waals surface area contributed by atoms with Crippen LogP contribution in [0.4, 0.5) is 4.79 Å². The number of nitrogens with one attached hydrogen (secondary N) is 1. The first kappa shape index (κ1) is 18.5. The smallest absolute Gasteiger partial charge is 0.318 e. The number of carbonyl (C=O) groups excluding carboxylic acids is 1. The van der Waals surface area contributed by atoms with Gasteiger partial charge in [0.05, 0.1) is 6.54 Å². The van der Waals surface area contributed by atoms with Gasteiger partial charge in [-0.15, -0.1) is 11.3 Å². The van der Waals surface area contributed by atoms with Crippen LogP contribution in [-0.2, 0) is 19.7 Å². The molecule has 1 aliphatic carbocycles. The van der Waals surface area contributed by atoms with Crippen LogP contribution in [0, 0.1) is 0 Å². The van der Waals surface area contributed by atoms with E-state index in [9.17, 15) is 4.79 Å². The van der Waals surface area contributed by atoms with E-state index in [1.807, 2.05) is 58.8 Å². The van der Waals surface area contributed by atoms with Gasteiger partial charge in [0.25, 0.3) is 0 Å². The van der Waals surface area contributed by atoms with Crippen LogP contribution >= 0.6 is 11.3 Å². The highest BCUT2D eigenvalue weighted by molar-refractivity contribution is 7.09. The van der Waals surface area contributed by atoms with Crippen molar-refractivity contribution < 1.29 is 9.53 Å². The summed E-state index contributed by atoms with van der Waals surface area (Å²) >= 11 is 1.69. The maximum atomic E-state index is 12.7. The first-order valence-corrected chi connectivity index (χ1v) is 10.3. The van der Waals surface area contributed by atoms with Crippen LogP contribution in [0.25, 0.3) is 0 Å². The first-order valence-electron chi connectivity index (χ1n) is 9.46. The van der Waals surface area contributed by atoms with Crippen LogP contribution in [-0.4, -0.2) is 22.0 Å². The Morgan fingerprint density at radius 2 is 2.00 bits per heavy atom. The Bertz CT molecular complexity index is 895. The standard InChI is InChI=1S/C22H23N3O2S/c26-22(25(19-8-9-19)15-20-7-4-12-28-20)24-14-18-10-11-23-21(13-18)27-16-17-5-2-1-3-6-17/h1-7,10-13,19H,8-9,14-16H2,(H,24,26). The summed E-state index contributed by atoms with van der Waals surface area (Å²) in [6.07, 6.45) is 3.89. The van der Waals surface area contributed by atoms with Crippen molar-refractivity contribution in [3.63, 3.8) is 0 Å². The second kappa shape index (κ2) is 8.89. The number of nitrogens with zero attached hydrogens (tertiary/aromatic N) is 2. The average Bonchev–Trinajstić information content (AvgIpc) is 3.45. The van der Waals surface area contributed by atoms with E-state index < -0.39 is 0 Å². The quantitative estimate of drug-likeness (QED) is 0.609. The molecule has 0 bridgehead atoms. The monoisotopic (exact) mass is 393 g/mol. The van der Waals surface area contributed by atoms with Gasteiger partial charge in [0, 0.05) is 29.7 Å². The minimum atomic E-state index is -0.0144. The fourth-order valence-electron chi connectivity index (χ4n) is 2.97. The number of hydrogen-bond acceptors (Lipinski definition) is 4. The van der Waals surface area contributed by atoms with Crippen LogP contribution in [0.2, 0.25) is 0 Å². The Morgan fingerprint density at radius 1 is 1.14 bits per heavy atom. The number of carbonyl (C=O) groups is 1. The van der Waals surface area contributed by atoms with Gasteiger partial charge >= 0.3 is 6.03 Å². The van der Waals surface area contributed by atoms with E-state index in [0.29, 0.717) is 31.6 Å². The number of benzene rings is 1. The van der Waals surface area contributed by atoms with E-state index in [0.717, 1.165) is 24.0 Å². The van der Waals surface area contributed by atoms with Crippen LogP contribution in [0.1, 0.15) is 28.8 Å². The minimum Gasteiger partial charge on any atom is -0.473 e. The molecule has 5 nitrogen and oxygen atoms in total. The van der Waals surface area contributed by atoms with Crippen molar-refractivity contribution in [1.29, 1.82) is 0 Å². The zero-order valence-corrected chi connectivity index (χ0v) is 16.4. The summed E-state index contributed by atoms with van der Waals surface area (Å²) in [5, 5.41) is 5.09. The van der Waals surface area contributed by atoms with E-state index in [2.05, 4.69) is 16.4 Å². The summed E-state index contributed by atoms with van der Waals surface area (Å²) in [5.41, 5.74) is 2.06. The van der Waals surface area contributed by atoms with Crippen molar-refractivity contribution in [3.8, 4) is 5.88 Å². The lowest BCUT2D eigenvalue weighted by Gasteiger charge is -2.22. The van der Waals surface area contributed by atoms with Crippen molar-refractivity contribution in [2.45, 2.75) is 38.6 Å². The van der Waals surface area contributed by atoms with Crippen molar-refractivity contribution >= 4 is 17.4 Å². The summed E-state index contributed by atoms with van der Waals surface area (Å²) in [5.74, 6) is 0.563. The summed E-state index contributed by atoms with van der Waals surface area (Å²) < 4.78 is 5.77. The molecule has 0 radical (unpaired) electrons. The van der Waals surface area contributed by atoms with E-state index in [1.54, 1.807) is 17.5 Å². The Labute approximate surface area is 169 Å². The molecule has 1 N–H and O–H groups in total. The highest BCUT2D eigenvalue weighted by atomic mass is 32.1. The number of hydrogen-bond donors (Lipinski definition) is 1. The van der Waals surface area contributed by atoms with Gasteiger partial charge in [0.2, 0.25) is 5.88 Å². The Kier molecular flexibility index (Phi) is 5.87. The second-order valence-corrected chi connectivity index (χ2v) is 7.91. The number of amides is 2. The third-order valence-electron chi connectivity index (χ3n) is 4.63.